The molecule has 0 aliphatic heterocycles. The van der Waals surface area contributed by atoms with Crippen LogP contribution in [0.2, 0.25) is 18.1 Å². The fourth-order valence-corrected chi connectivity index (χ4v) is 4.83. The maximum Gasteiger partial charge on any atom is 0.244 e. The van der Waals surface area contributed by atoms with Crippen molar-refractivity contribution in [1.82, 2.24) is 4.31 Å². The van der Waals surface area contributed by atoms with Gasteiger partial charge in [-0.05, 0) is 49.3 Å². The van der Waals surface area contributed by atoms with Crippen LogP contribution in [0.3, 0.4) is 0 Å². The molecule has 6 heteroatoms. The van der Waals surface area contributed by atoms with Gasteiger partial charge in [0.1, 0.15) is 0 Å². The van der Waals surface area contributed by atoms with E-state index in [2.05, 4.69) is 45.7 Å². The van der Waals surface area contributed by atoms with Gasteiger partial charge in [0.05, 0.1) is 18.0 Å². The molecule has 172 valence electrons. The van der Waals surface area contributed by atoms with Crippen molar-refractivity contribution in [2.75, 3.05) is 19.7 Å². The highest BCUT2D eigenvalue weighted by molar-refractivity contribution is 7.89. The minimum absolute atomic E-state index is 0.110. The van der Waals surface area contributed by atoms with Crippen molar-refractivity contribution >= 4 is 18.3 Å². The molecule has 0 unspecified atom stereocenters. The van der Waals surface area contributed by atoms with Crippen LogP contribution in [0.15, 0.2) is 71.6 Å². The van der Waals surface area contributed by atoms with E-state index >= 15 is 0 Å². The van der Waals surface area contributed by atoms with Crippen LogP contribution in [0.5, 0.6) is 0 Å². The third kappa shape index (κ3) is 7.46. The van der Waals surface area contributed by atoms with Gasteiger partial charge in [-0.3, -0.25) is 0 Å². The van der Waals surface area contributed by atoms with Crippen LogP contribution in [-0.2, 0) is 14.4 Å². The lowest BCUT2D eigenvalue weighted by Crippen LogP contribution is -2.40. The lowest BCUT2D eigenvalue weighted by Gasteiger charge is -2.35. The lowest BCUT2D eigenvalue weighted by molar-refractivity contribution is 0.327. The normalized spacial score (nSPS) is 12.7. The molecular formula is C26H35NO3SSi. The second kappa shape index (κ2) is 11.1. The van der Waals surface area contributed by atoms with E-state index in [0.29, 0.717) is 6.61 Å². The number of sulfonamides is 1. The van der Waals surface area contributed by atoms with Crippen molar-refractivity contribution < 1.29 is 12.8 Å². The molecule has 0 heterocycles. The molecule has 0 spiro atoms. The smallest absolute Gasteiger partial charge is 0.244 e. The monoisotopic (exact) mass is 469 g/mol. The zero-order chi connectivity index (χ0) is 23.8. The Kier molecular flexibility index (Phi) is 9.05. The molecule has 0 radical (unpaired) electrons. The maximum absolute atomic E-state index is 13.2. The minimum Gasteiger partial charge on any atom is -0.413 e. The molecule has 0 aliphatic carbocycles. The summed E-state index contributed by atoms with van der Waals surface area (Å²) in [5.41, 5.74) is 1.88. The van der Waals surface area contributed by atoms with Gasteiger partial charge >= 0.3 is 0 Å². The zero-order valence-electron chi connectivity index (χ0n) is 20.1. The van der Waals surface area contributed by atoms with Crippen molar-refractivity contribution in [3.8, 4) is 11.8 Å². The summed E-state index contributed by atoms with van der Waals surface area (Å²) in [7, 11) is -5.50. The predicted molar refractivity (Wildman–Crippen MR) is 136 cm³/mol. The van der Waals surface area contributed by atoms with Crippen LogP contribution in [0.1, 0.15) is 31.9 Å². The van der Waals surface area contributed by atoms with E-state index in [1.807, 2.05) is 61.5 Å². The fraction of sp³-hybridized carbons (Fsp3) is 0.385. The van der Waals surface area contributed by atoms with E-state index in [9.17, 15) is 8.42 Å². The third-order valence-corrected chi connectivity index (χ3v) is 12.1. The molecule has 4 nitrogen and oxygen atoms in total. The first-order chi connectivity index (χ1) is 14.9. The Morgan fingerprint density at radius 3 is 2.22 bits per heavy atom. The average Bonchev–Trinajstić information content (AvgIpc) is 2.72. The quantitative estimate of drug-likeness (QED) is 0.287. The molecule has 2 rings (SSSR count). The second-order valence-electron chi connectivity index (χ2n) is 9.32. The first-order valence-electron chi connectivity index (χ1n) is 10.8. The van der Waals surface area contributed by atoms with E-state index in [-0.39, 0.29) is 23.0 Å². The topological polar surface area (TPSA) is 46.6 Å². The summed E-state index contributed by atoms with van der Waals surface area (Å²) in [6.45, 7) is 13.8. The van der Waals surface area contributed by atoms with Gasteiger partial charge in [-0.15, -0.1) is 0 Å². The summed E-state index contributed by atoms with van der Waals surface area (Å²) < 4.78 is 34.0. The van der Waals surface area contributed by atoms with Crippen LogP contribution in [0.4, 0.5) is 0 Å². The highest BCUT2D eigenvalue weighted by Crippen LogP contribution is 2.36. The first-order valence-corrected chi connectivity index (χ1v) is 15.2. The zero-order valence-corrected chi connectivity index (χ0v) is 21.9. The number of nitrogens with zero attached hydrogens (tertiary/aromatic N) is 1. The van der Waals surface area contributed by atoms with Gasteiger partial charge in [-0.2, -0.15) is 4.31 Å². The van der Waals surface area contributed by atoms with Crippen molar-refractivity contribution in [2.45, 2.75) is 50.7 Å². The summed E-state index contributed by atoms with van der Waals surface area (Å²) in [4.78, 5) is 0.274. The summed E-state index contributed by atoms with van der Waals surface area (Å²) in [6.07, 6.45) is 3.76. The molecule has 0 amide bonds. The number of rotatable bonds is 8. The van der Waals surface area contributed by atoms with E-state index in [1.165, 1.54) is 4.31 Å². The molecule has 0 aromatic heterocycles. The molecule has 0 aliphatic rings. The van der Waals surface area contributed by atoms with Gasteiger partial charge < -0.3 is 4.43 Å². The minimum atomic E-state index is -3.66. The van der Waals surface area contributed by atoms with Crippen LogP contribution in [0, 0.1) is 18.8 Å². The summed E-state index contributed by atoms with van der Waals surface area (Å²) in [5.74, 6) is 6.06. The van der Waals surface area contributed by atoms with Crippen molar-refractivity contribution in [1.29, 1.82) is 0 Å². The molecule has 0 bridgehead atoms. The van der Waals surface area contributed by atoms with Crippen LogP contribution in [-0.4, -0.2) is 40.7 Å². The molecule has 0 fully saturated rings. The molecule has 2 aromatic rings. The lowest BCUT2D eigenvalue weighted by atomic mass is 10.2. The van der Waals surface area contributed by atoms with Gasteiger partial charge in [-0.1, -0.05) is 80.7 Å². The molecule has 32 heavy (non-hydrogen) atoms. The molecule has 0 saturated heterocycles. The summed E-state index contributed by atoms with van der Waals surface area (Å²) in [6, 6.07) is 16.5. The maximum atomic E-state index is 13.2. The van der Waals surface area contributed by atoms with Gasteiger partial charge in [0.15, 0.2) is 8.32 Å². The SMILES string of the molecule is Cc1ccc(S(=O)(=O)N(CC#Cc2ccccc2)C/C=C\CO[Si](C)(C)C(C)(C)C)cc1. The van der Waals surface area contributed by atoms with Gasteiger partial charge in [-0.25, -0.2) is 8.42 Å². The Hall–Kier alpha value is -2.17. The summed E-state index contributed by atoms with van der Waals surface area (Å²) >= 11 is 0. The number of benzene rings is 2. The largest absolute Gasteiger partial charge is 0.413 e. The molecule has 0 atom stereocenters. The number of aryl methyl sites for hydroxylation is 1. The summed E-state index contributed by atoms with van der Waals surface area (Å²) in [5, 5.41) is 0.134. The van der Waals surface area contributed by atoms with Crippen molar-refractivity contribution in [3.05, 3.63) is 77.9 Å². The third-order valence-electron chi connectivity index (χ3n) is 5.74. The van der Waals surface area contributed by atoms with Crippen LogP contribution < -0.4 is 0 Å². The standard InChI is InChI=1S/C26H35NO3SSi/c1-23-16-18-25(19-17-23)31(28,29)27(21-12-15-24-13-8-7-9-14-24)20-10-11-22-30-32(5,6)26(2,3)4/h7-11,13-14,16-19H,20-22H2,1-6H3/b11-10-. The Labute approximate surface area is 195 Å². The number of hydrogen-bond donors (Lipinski definition) is 0. The Balaban J connectivity index is 2.15. The van der Waals surface area contributed by atoms with Crippen LogP contribution >= 0.6 is 0 Å². The number of hydrogen-bond acceptors (Lipinski definition) is 3. The van der Waals surface area contributed by atoms with E-state index in [0.717, 1.165) is 11.1 Å². The highest BCUT2D eigenvalue weighted by atomic mass is 32.2. The van der Waals surface area contributed by atoms with Crippen molar-refractivity contribution in [3.63, 3.8) is 0 Å². The highest BCUT2D eigenvalue weighted by Gasteiger charge is 2.36. The van der Waals surface area contributed by atoms with Gasteiger partial charge in [0.25, 0.3) is 0 Å². The Bertz CT molecular complexity index is 1060. The van der Waals surface area contributed by atoms with Crippen LogP contribution in [0.25, 0.3) is 0 Å². The molecule has 0 N–H and O–H groups in total. The predicted octanol–water partition coefficient (Wildman–Crippen LogP) is 5.62. The Morgan fingerprint density at radius 2 is 1.62 bits per heavy atom. The molecule has 2 aromatic carbocycles. The fourth-order valence-electron chi connectivity index (χ4n) is 2.59. The van der Waals surface area contributed by atoms with Gasteiger partial charge in [0.2, 0.25) is 10.0 Å². The van der Waals surface area contributed by atoms with E-state index in [1.54, 1.807) is 12.1 Å². The van der Waals surface area contributed by atoms with Gasteiger partial charge in [0, 0.05) is 12.1 Å². The molecule has 0 saturated carbocycles. The molecular weight excluding hydrogens is 434 g/mol. The average molecular weight is 470 g/mol. The van der Waals surface area contributed by atoms with Crippen molar-refractivity contribution in [2.24, 2.45) is 0 Å². The van der Waals surface area contributed by atoms with E-state index in [4.69, 9.17) is 4.43 Å². The second-order valence-corrected chi connectivity index (χ2v) is 16.1. The first kappa shape index (κ1) is 26.1. The van der Waals surface area contributed by atoms with E-state index < -0.39 is 18.3 Å². The Morgan fingerprint density at radius 1 is 1.00 bits per heavy atom.